The maximum absolute atomic E-state index is 7.05. The van der Waals surface area contributed by atoms with Gasteiger partial charge in [0.2, 0.25) is 0 Å². The molecule has 1 heterocycles. The lowest BCUT2D eigenvalue weighted by Gasteiger charge is -2.29. The molecule has 8 aromatic rings. The highest BCUT2D eigenvalue weighted by atomic mass is 16.5. The lowest BCUT2D eigenvalue weighted by molar-refractivity contribution is 0.278. The minimum Gasteiger partial charge on any atom is -0.484 e. The smallest absolute Gasteiger partial charge is 0.135 e. The highest BCUT2D eigenvalue weighted by molar-refractivity contribution is 6.21. The molecule has 0 radical (unpaired) electrons. The monoisotopic (exact) mass is 680 g/mol. The van der Waals surface area contributed by atoms with Crippen molar-refractivity contribution in [3.05, 3.63) is 181 Å². The van der Waals surface area contributed by atoms with Gasteiger partial charge in [-0.25, -0.2) is 0 Å². The largest absolute Gasteiger partial charge is 0.484 e. The molecule has 11 rings (SSSR count). The normalized spacial score (nSPS) is 18.3. The molecule has 3 aliphatic rings. The van der Waals surface area contributed by atoms with E-state index >= 15 is 0 Å². The van der Waals surface area contributed by atoms with Gasteiger partial charge in [-0.2, -0.15) is 0 Å². The van der Waals surface area contributed by atoms with Crippen LogP contribution in [-0.4, -0.2) is 6.10 Å². The van der Waals surface area contributed by atoms with Crippen LogP contribution >= 0.6 is 0 Å². The number of benzene rings is 8. The molecule has 1 fully saturated rings. The van der Waals surface area contributed by atoms with Gasteiger partial charge in [0.25, 0.3) is 0 Å². The fourth-order valence-corrected chi connectivity index (χ4v) is 10.2. The maximum Gasteiger partial charge on any atom is 0.135 e. The Hall–Kier alpha value is -5.92. The minimum atomic E-state index is -0.0912. The summed E-state index contributed by atoms with van der Waals surface area (Å²) in [6, 6.07) is 54.0. The van der Waals surface area contributed by atoms with Gasteiger partial charge in [-0.05, 0) is 107 Å². The van der Waals surface area contributed by atoms with Gasteiger partial charge in [0.05, 0.1) is 0 Å². The molecular weight excluding hydrogens is 641 g/mol. The van der Waals surface area contributed by atoms with E-state index in [0.717, 1.165) is 5.75 Å². The molecule has 2 aliphatic carbocycles. The molecule has 0 saturated heterocycles. The van der Waals surface area contributed by atoms with Crippen LogP contribution in [0.4, 0.5) is 0 Å². The van der Waals surface area contributed by atoms with Crippen molar-refractivity contribution >= 4 is 48.7 Å². The van der Waals surface area contributed by atoms with Crippen LogP contribution in [0.2, 0.25) is 0 Å². The van der Waals surface area contributed by atoms with Crippen molar-refractivity contribution < 1.29 is 4.74 Å². The molecule has 1 nitrogen and oxygen atoms in total. The van der Waals surface area contributed by atoms with Crippen LogP contribution in [-0.2, 0) is 0 Å². The third kappa shape index (κ3) is 4.76. The van der Waals surface area contributed by atoms with Crippen LogP contribution in [0.3, 0.4) is 0 Å². The van der Waals surface area contributed by atoms with Crippen molar-refractivity contribution in [3.8, 4) is 28.0 Å². The second-order valence-electron chi connectivity index (χ2n) is 15.2. The summed E-state index contributed by atoms with van der Waals surface area (Å²) >= 11 is 0. The van der Waals surface area contributed by atoms with Crippen LogP contribution < -0.4 is 4.74 Å². The van der Waals surface area contributed by atoms with E-state index in [1.54, 1.807) is 5.56 Å². The van der Waals surface area contributed by atoms with E-state index in [9.17, 15) is 0 Å². The molecule has 0 N–H and O–H groups in total. The second-order valence-corrected chi connectivity index (χ2v) is 15.2. The third-order valence-electron chi connectivity index (χ3n) is 12.4. The Bertz CT molecular complexity index is 2680. The number of fused-ring (bicyclic) bond motifs is 7. The summed E-state index contributed by atoms with van der Waals surface area (Å²) in [6.07, 6.45) is 13.4. The van der Waals surface area contributed by atoms with Gasteiger partial charge >= 0.3 is 0 Å². The second kappa shape index (κ2) is 12.3. The molecule has 1 saturated carbocycles. The molecule has 0 spiro atoms. The molecule has 8 aromatic carbocycles. The van der Waals surface area contributed by atoms with E-state index in [0.29, 0.717) is 5.92 Å². The molecular formula is C52H40O. The van der Waals surface area contributed by atoms with Gasteiger partial charge in [0.15, 0.2) is 0 Å². The average molecular weight is 681 g/mol. The lowest BCUT2D eigenvalue weighted by Crippen LogP contribution is -2.22. The number of ether oxygens (including phenoxy) is 1. The topological polar surface area (TPSA) is 9.23 Å². The van der Waals surface area contributed by atoms with Gasteiger partial charge < -0.3 is 4.74 Å². The molecule has 0 amide bonds. The summed E-state index contributed by atoms with van der Waals surface area (Å²) in [5.74, 6) is 1.73. The lowest BCUT2D eigenvalue weighted by atomic mass is 9.76. The van der Waals surface area contributed by atoms with Crippen LogP contribution in [0.1, 0.15) is 60.6 Å². The van der Waals surface area contributed by atoms with E-state index in [1.165, 1.54) is 114 Å². The first-order valence-electron chi connectivity index (χ1n) is 19.5. The summed E-state index contributed by atoms with van der Waals surface area (Å²) in [6.45, 7) is 0. The average Bonchev–Trinajstić information content (AvgIpc) is 3.61. The molecule has 1 heteroatoms. The summed E-state index contributed by atoms with van der Waals surface area (Å²) in [4.78, 5) is 0. The molecule has 2 unspecified atom stereocenters. The number of allylic oxidation sites excluding steroid dienone is 2. The van der Waals surface area contributed by atoms with Crippen LogP contribution in [0, 0.1) is 0 Å². The van der Waals surface area contributed by atoms with E-state index < -0.39 is 0 Å². The maximum atomic E-state index is 7.05. The van der Waals surface area contributed by atoms with Gasteiger partial charge in [-0.3, -0.25) is 0 Å². The van der Waals surface area contributed by atoms with Crippen molar-refractivity contribution in [1.82, 2.24) is 0 Å². The zero-order valence-corrected chi connectivity index (χ0v) is 29.8. The summed E-state index contributed by atoms with van der Waals surface area (Å²) in [5.41, 5.74) is 10.5. The first-order valence-corrected chi connectivity index (χ1v) is 19.5. The Labute approximate surface area is 310 Å². The molecule has 53 heavy (non-hydrogen) atoms. The van der Waals surface area contributed by atoms with E-state index in [4.69, 9.17) is 4.74 Å². The molecule has 1 aliphatic heterocycles. The van der Waals surface area contributed by atoms with Gasteiger partial charge in [0, 0.05) is 17.1 Å². The zero-order chi connectivity index (χ0) is 34.9. The van der Waals surface area contributed by atoms with Gasteiger partial charge in [-0.1, -0.05) is 171 Å². The Morgan fingerprint density at radius 1 is 0.453 bits per heavy atom. The summed E-state index contributed by atoms with van der Waals surface area (Å²) in [5, 5.41) is 10.6. The van der Waals surface area contributed by atoms with Crippen molar-refractivity contribution in [3.63, 3.8) is 0 Å². The molecule has 2 atom stereocenters. The van der Waals surface area contributed by atoms with Crippen molar-refractivity contribution in [1.29, 1.82) is 0 Å². The number of hydrogen-bond donors (Lipinski definition) is 0. The van der Waals surface area contributed by atoms with Crippen molar-refractivity contribution in [2.75, 3.05) is 0 Å². The Kier molecular flexibility index (Phi) is 7.15. The van der Waals surface area contributed by atoms with Gasteiger partial charge in [-0.15, -0.1) is 0 Å². The van der Waals surface area contributed by atoms with E-state index in [-0.39, 0.29) is 12.0 Å². The standard InChI is InChI=1S/C52H40O/c1-3-16-33(17-4-1)48-36-20-7-9-22-38(36)50(39-23-10-8-21-37(39)48)35-30-31-47-46(32-35)44-28-15-29-45(52(44)53-47)51-42-26-13-11-24-40(42)49(34-18-5-2-6-19-34)41-25-12-14-27-43(41)51/h1,3-4,7-17,20-32,34,44,52H,2,5-6,18-19H2. The molecule has 0 aromatic heterocycles. The van der Waals surface area contributed by atoms with E-state index in [2.05, 4.69) is 164 Å². The van der Waals surface area contributed by atoms with Crippen molar-refractivity contribution in [2.45, 2.75) is 50.0 Å². The zero-order valence-electron chi connectivity index (χ0n) is 29.8. The summed E-state index contributed by atoms with van der Waals surface area (Å²) in [7, 11) is 0. The van der Waals surface area contributed by atoms with Crippen molar-refractivity contribution in [2.24, 2.45) is 0 Å². The van der Waals surface area contributed by atoms with Crippen LogP contribution in [0.25, 0.3) is 70.9 Å². The number of rotatable bonds is 4. The first-order chi connectivity index (χ1) is 26.3. The Morgan fingerprint density at radius 3 is 1.55 bits per heavy atom. The molecule has 254 valence electrons. The summed E-state index contributed by atoms with van der Waals surface area (Å²) < 4.78 is 7.05. The predicted octanol–water partition coefficient (Wildman–Crippen LogP) is 14.2. The van der Waals surface area contributed by atoms with Crippen LogP contribution in [0.5, 0.6) is 5.75 Å². The highest BCUT2D eigenvalue weighted by Gasteiger charge is 2.39. The SMILES string of the molecule is C1=CC2c3cc(-c4c5ccccc5c(-c5ccccc5)c5ccccc45)ccc3OC2C(c2c3ccccc3c(C3CCCCC3)c3ccccc23)=C1. The quantitative estimate of drug-likeness (QED) is 0.168. The highest BCUT2D eigenvalue weighted by Crippen LogP contribution is 2.52. The first kappa shape index (κ1) is 30.7. The molecule has 0 bridgehead atoms. The van der Waals surface area contributed by atoms with Gasteiger partial charge in [0.1, 0.15) is 11.9 Å². The third-order valence-corrected chi connectivity index (χ3v) is 12.4. The number of hydrogen-bond acceptors (Lipinski definition) is 1. The fraction of sp³-hybridized carbons (Fsp3) is 0.154. The fourth-order valence-electron chi connectivity index (χ4n) is 10.2. The van der Waals surface area contributed by atoms with E-state index in [1.807, 2.05) is 0 Å². The predicted molar refractivity (Wildman–Crippen MR) is 224 cm³/mol. The minimum absolute atomic E-state index is 0.0912. The Balaban J connectivity index is 1.07. The van der Waals surface area contributed by atoms with Crippen LogP contribution in [0.15, 0.2) is 164 Å². The Morgan fingerprint density at radius 2 is 0.962 bits per heavy atom.